The first-order valence-electron chi connectivity index (χ1n) is 11.4. The van der Waals surface area contributed by atoms with E-state index in [1.165, 1.54) is 120 Å². The van der Waals surface area contributed by atoms with Gasteiger partial charge in [0.1, 0.15) is 0 Å². The van der Waals surface area contributed by atoms with E-state index < -0.39 is 11.4 Å². The molecule has 0 aromatic heterocycles. The van der Waals surface area contributed by atoms with Crippen molar-refractivity contribution in [1.82, 2.24) is 0 Å². The molecule has 0 fully saturated rings. The molecule has 0 saturated carbocycles. The molecule has 0 aliphatic rings. The standard InChI is InChI=1S/C22H48N.H2O3S/c1-5-7-9-11-13-15-17-19-21-23(3,4)22-20-18-16-14-12-10-8-6-2;1-4(2)3/h5-22H2,1-4H3;(H2,1,2,3)/q+1;/p-2. The second-order valence-electron chi connectivity index (χ2n) is 8.54. The van der Waals surface area contributed by atoms with Gasteiger partial charge in [0.05, 0.1) is 27.2 Å². The summed E-state index contributed by atoms with van der Waals surface area (Å²) in [6, 6.07) is 0. The highest BCUT2D eigenvalue weighted by atomic mass is 32.2. The molecule has 0 amide bonds. The SMILES string of the molecule is CCCCCCCCCC[N+](C)(C)CCCCCCCCCC.O=S([O-])[O-]. The van der Waals surface area contributed by atoms with E-state index in [4.69, 9.17) is 13.3 Å². The molecule has 0 heterocycles. The molecule has 0 aromatic carbocycles. The van der Waals surface area contributed by atoms with Crippen LogP contribution in [0.3, 0.4) is 0 Å². The van der Waals surface area contributed by atoms with Gasteiger partial charge < -0.3 is 13.6 Å². The molecule has 0 saturated heterocycles. The average molecular weight is 407 g/mol. The fourth-order valence-corrected chi connectivity index (χ4v) is 3.46. The normalized spacial score (nSPS) is 11.5. The third kappa shape index (κ3) is 31.0. The van der Waals surface area contributed by atoms with E-state index in [1.54, 1.807) is 0 Å². The van der Waals surface area contributed by atoms with Crippen LogP contribution in [0.5, 0.6) is 0 Å². The largest absolute Gasteiger partial charge is 0.784 e. The van der Waals surface area contributed by atoms with Crippen LogP contribution in [0.2, 0.25) is 0 Å². The first-order valence-corrected chi connectivity index (χ1v) is 12.4. The maximum Gasteiger partial charge on any atom is 0.0782 e. The lowest BCUT2D eigenvalue weighted by Gasteiger charge is -2.30. The van der Waals surface area contributed by atoms with Crippen LogP contribution < -0.4 is 0 Å². The fraction of sp³-hybridized carbons (Fsp3) is 1.00. The van der Waals surface area contributed by atoms with E-state index >= 15 is 0 Å². The number of nitrogens with zero attached hydrogens (tertiary/aromatic N) is 1. The summed E-state index contributed by atoms with van der Waals surface area (Å²) in [5.74, 6) is 0. The Bertz CT molecular complexity index is 286. The number of hydrogen-bond acceptors (Lipinski definition) is 3. The summed E-state index contributed by atoms with van der Waals surface area (Å²) in [6.45, 7) is 7.36. The van der Waals surface area contributed by atoms with Crippen LogP contribution in [0.25, 0.3) is 0 Å². The molecule has 0 spiro atoms. The van der Waals surface area contributed by atoms with E-state index in [0.717, 1.165) is 0 Å². The smallest absolute Gasteiger partial charge is 0.0782 e. The van der Waals surface area contributed by atoms with Crippen molar-refractivity contribution in [3.8, 4) is 0 Å². The van der Waals surface area contributed by atoms with E-state index in [9.17, 15) is 0 Å². The molecule has 4 nitrogen and oxygen atoms in total. The summed E-state index contributed by atoms with van der Waals surface area (Å²) < 4.78 is 26.6. The summed E-state index contributed by atoms with van der Waals surface area (Å²) in [5, 5.41) is 0. The summed E-state index contributed by atoms with van der Waals surface area (Å²) >= 11 is -3.11. The molecule has 0 radical (unpaired) electrons. The Balaban J connectivity index is 0. The second kappa shape index (κ2) is 22.3. The summed E-state index contributed by atoms with van der Waals surface area (Å²) in [4.78, 5) is 0. The van der Waals surface area contributed by atoms with Crippen LogP contribution in [-0.4, -0.2) is 45.0 Å². The third-order valence-corrected chi connectivity index (χ3v) is 5.23. The van der Waals surface area contributed by atoms with Crippen molar-refractivity contribution in [3.05, 3.63) is 0 Å². The topological polar surface area (TPSA) is 63.2 Å². The van der Waals surface area contributed by atoms with Gasteiger partial charge in [-0.3, -0.25) is 4.21 Å². The minimum Gasteiger partial charge on any atom is -0.784 e. The van der Waals surface area contributed by atoms with Crippen LogP contribution in [0, 0.1) is 0 Å². The van der Waals surface area contributed by atoms with Crippen LogP contribution in [-0.2, 0) is 11.4 Å². The second-order valence-corrected chi connectivity index (χ2v) is 8.95. The maximum absolute atomic E-state index is 8.44. The van der Waals surface area contributed by atoms with Crippen LogP contribution in [0.15, 0.2) is 0 Å². The first-order chi connectivity index (χ1) is 12.9. The van der Waals surface area contributed by atoms with Crippen molar-refractivity contribution < 1.29 is 17.8 Å². The van der Waals surface area contributed by atoms with Crippen LogP contribution in [0.1, 0.15) is 117 Å². The van der Waals surface area contributed by atoms with Gasteiger partial charge in [0.25, 0.3) is 0 Å². The fourth-order valence-electron chi connectivity index (χ4n) is 3.46. The summed E-state index contributed by atoms with van der Waals surface area (Å²) in [5.41, 5.74) is 0. The van der Waals surface area contributed by atoms with Crippen molar-refractivity contribution in [3.63, 3.8) is 0 Å². The molecular formula is C22H48NO3S-. The quantitative estimate of drug-likeness (QED) is 0.151. The molecular weight excluding hydrogens is 358 g/mol. The zero-order chi connectivity index (χ0) is 20.8. The molecule has 0 bridgehead atoms. The van der Waals surface area contributed by atoms with Gasteiger partial charge in [-0.1, -0.05) is 90.9 Å². The van der Waals surface area contributed by atoms with Gasteiger partial charge in [-0.2, -0.15) is 0 Å². The highest BCUT2D eigenvalue weighted by Gasteiger charge is 2.13. The predicted octanol–water partition coefficient (Wildman–Crippen LogP) is 6.34. The number of hydrogen-bond donors (Lipinski definition) is 0. The van der Waals surface area contributed by atoms with Gasteiger partial charge in [-0.05, 0) is 25.7 Å². The molecule has 0 N–H and O–H groups in total. The number of rotatable bonds is 18. The Morgan fingerprint density at radius 2 is 0.778 bits per heavy atom. The minimum atomic E-state index is -3.11. The van der Waals surface area contributed by atoms with Gasteiger partial charge in [0.2, 0.25) is 0 Å². The van der Waals surface area contributed by atoms with Gasteiger partial charge in [0.15, 0.2) is 0 Å². The van der Waals surface area contributed by atoms with Gasteiger partial charge in [-0.15, -0.1) is 11.4 Å². The Kier molecular flexibility index (Phi) is 24.2. The third-order valence-electron chi connectivity index (χ3n) is 5.23. The Morgan fingerprint density at radius 1 is 0.556 bits per heavy atom. The van der Waals surface area contributed by atoms with Crippen LogP contribution >= 0.6 is 0 Å². The van der Waals surface area contributed by atoms with Gasteiger partial charge >= 0.3 is 0 Å². The zero-order valence-electron chi connectivity index (χ0n) is 18.8. The Morgan fingerprint density at radius 3 is 1.04 bits per heavy atom. The lowest BCUT2D eigenvalue weighted by atomic mass is 10.1. The number of unbranched alkanes of at least 4 members (excludes halogenated alkanes) is 14. The molecule has 0 rings (SSSR count). The van der Waals surface area contributed by atoms with E-state index in [1.807, 2.05) is 0 Å². The van der Waals surface area contributed by atoms with Crippen molar-refractivity contribution in [2.45, 2.75) is 117 Å². The first kappa shape index (κ1) is 29.2. The highest BCUT2D eigenvalue weighted by molar-refractivity contribution is 7.72. The van der Waals surface area contributed by atoms with E-state index in [0.29, 0.717) is 0 Å². The van der Waals surface area contributed by atoms with Gasteiger partial charge in [0, 0.05) is 0 Å². The number of quaternary nitrogens is 1. The lowest BCUT2D eigenvalue weighted by molar-refractivity contribution is -0.890. The van der Waals surface area contributed by atoms with E-state index in [2.05, 4.69) is 27.9 Å². The molecule has 0 unspecified atom stereocenters. The summed E-state index contributed by atoms with van der Waals surface area (Å²) in [6.07, 6.45) is 23.0. The molecule has 0 aliphatic heterocycles. The summed E-state index contributed by atoms with van der Waals surface area (Å²) in [7, 11) is 4.87. The Hall–Kier alpha value is 0.0300. The van der Waals surface area contributed by atoms with Crippen molar-refractivity contribution in [1.29, 1.82) is 0 Å². The zero-order valence-corrected chi connectivity index (χ0v) is 19.6. The molecule has 0 aliphatic carbocycles. The molecule has 0 aromatic rings. The molecule has 166 valence electrons. The Labute approximate surface area is 173 Å². The minimum absolute atomic E-state index is 1.24. The van der Waals surface area contributed by atoms with Crippen molar-refractivity contribution in [2.24, 2.45) is 0 Å². The van der Waals surface area contributed by atoms with Crippen molar-refractivity contribution >= 4 is 11.4 Å². The lowest BCUT2D eigenvalue weighted by Crippen LogP contribution is -2.41. The average Bonchev–Trinajstić information content (AvgIpc) is 2.59. The van der Waals surface area contributed by atoms with E-state index in [-0.39, 0.29) is 0 Å². The monoisotopic (exact) mass is 406 g/mol. The predicted molar refractivity (Wildman–Crippen MR) is 117 cm³/mol. The maximum atomic E-state index is 8.44. The highest BCUT2D eigenvalue weighted by Crippen LogP contribution is 2.13. The molecule has 5 heteroatoms. The molecule has 27 heavy (non-hydrogen) atoms. The van der Waals surface area contributed by atoms with Gasteiger partial charge in [-0.25, -0.2) is 0 Å². The molecule has 0 atom stereocenters. The van der Waals surface area contributed by atoms with Crippen LogP contribution in [0.4, 0.5) is 0 Å². The van der Waals surface area contributed by atoms with Crippen molar-refractivity contribution in [2.75, 3.05) is 27.2 Å².